The molecule has 1 aromatic heterocycles. The van der Waals surface area contributed by atoms with Crippen molar-refractivity contribution in [2.45, 2.75) is 6.18 Å². The van der Waals surface area contributed by atoms with Crippen molar-refractivity contribution in [3.05, 3.63) is 83.9 Å². The summed E-state index contributed by atoms with van der Waals surface area (Å²) in [5, 5.41) is 5.42. The fourth-order valence-electron chi connectivity index (χ4n) is 2.30. The molecule has 138 valence electrons. The van der Waals surface area contributed by atoms with E-state index in [1.165, 1.54) is 30.5 Å². The monoisotopic (exact) mass is 375 g/mol. The number of pyridine rings is 1. The molecule has 0 aliphatic rings. The summed E-state index contributed by atoms with van der Waals surface area (Å²) in [5.41, 5.74) is 0.456. The molecule has 0 aliphatic carbocycles. The van der Waals surface area contributed by atoms with Crippen molar-refractivity contribution >= 4 is 23.0 Å². The van der Waals surface area contributed by atoms with Crippen LogP contribution in [0.25, 0.3) is 0 Å². The third-order valence-corrected chi connectivity index (χ3v) is 3.58. The van der Waals surface area contributed by atoms with Crippen LogP contribution in [0.1, 0.15) is 16.1 Å². The van der Waals surface area contributed by atoms with Gasteiger partial charge in [-0.2, -0.15) is 13.2 Å². The summed E-state index contributed by atoms with van der Waals surface area (Å²) in [7, 11) is 0. The van der Waals surface area contributed by atoms with Gasteiger partial charge in [-0.15, -0.1) is 0 Å². The summed E-state index contributed by atoms with van der Waals surface area (Å²) in [6, 6.07) is 12.9. The summed E-state index contributed by atoms with van der Waals surface area (Å²) in [6.45, 7) is 0. The first-order chi connectivity index (χ1) is 12.8. The smallest absolute Gasteiger partial charge is 0.355 e. The summed E-state index contributed by atoms with van der Waals surface area (Å²) in [5.74, 6) is -0.994. The van der Waals surface area contributed by atoms with Crippen LogP contribution in [0.2, 0.25) is 0 Å². The van der Waals surface area contributed by atoms with Gasteiger partial charge in [-0.3, -0.25) is 9.78 Å². The lowest BCUT2D eigenvalue weighted by molar-refractivity contribution is -0.137. The predicted octanol–water partition coefficient (Wildman–Crippen LogP) is 5.24. The van der Waals surface area contributed by atoms with Gasteiger partial charge in [0.2, 0.25) is 0 Å². The van der Waals surface area contributed by atoms with Crippen molar-refractivity contribution in [1.82, 2.24) is 4.98 Å². The molecule has 4 nitrogen and oxygen atoms in total. The Morgan fingerprint density at radius 1 is 0.889 bits per heavy atom. The van der Waals surface area contributed by atoms with Crippen molar-refractivity contribution in [2.75, 3.05) is 10.6 Å². The van der Waals surface area contributed by atoms with Gasteiger partial charge in [-0.1, -0.05) is 6.07 Å². The predicted molar refractivity (Wildman–Crippen MR) is 93.3 cm³/mol. The number of hydrogen-bond acceptors (Lipinski definition) is 3. The molecule has 2 N–H and O–H groups in total. The molecule has 27 heavy (non-hydrogen) atoms. The fraction of sp³-hybridized carbons (Fsp3) is 0.0526. The van der Waals surface area contributed by atoms with E-state index in [4.69, 9.17) is 0 Å². The van der Waals surface area contributed by atoms with Crippen LogP contribution in [-0.2, 0) is 6.18 Å². The second-order valence-corrected chi connectivity index (χ2v) is 5.59. The average molecular weight is 375 g/mol. The molecule has 0 atom stereocenters. The molecule has 0 radical (unpaired) electrons. The number of rotatable bonds is 4. The van der Waals surface area contributed by atoms with Crippen molar-refractivity contribution in [3.8, 4) is 0 Å². The summed E-state index contributed by atoms with van der Waals surface area (Å²) >= 11 is 0. The number of nitrogens with zero attached hydrogens (tertiary/aromatic N) is 1. The fourth-order valence-corrected chi connectivity index (χ4v) is 2.30. The van der Waals surface area contributed by atoms with Crippen LogP contribution in [0, 0.1) is 5.82 Å². The minimum absolute atomic E-state index is 0.0521. The van der Waals surface area contributed by atoms with Gasteiger partial charge in [0.25, 0.3) is 5.91 Å². The van der Waals surface area contributed by atoms with Gasteiger partial charge in [0.1, 0.15) is 11.5 Å². The molecule has 0 fully saturated rings. The third-order valence-electron chi connectivity index (χ3n) is 3.58. The van der Waals surface area contributed by atoms with Crippen molar-refractivity contribution in [1.29, 1.82) is 0 Å². The van der Waals surface area contributed by atoms with E-state index in [1.807, 2.05) is 0 Å². The van der Waals surface area contributed by atoms with Crippen molar-refractivity contribution in [2.24, 2.45) is 0 Å². The number of carbonyl (C=O) groups excluding carboxylic acids is 1. The van der Waals surface area contributed by atoms with E-state index in [0.717, 1.165) is 24.3 Å². The Bertz CT molecular complexity index is 956. The molecule has 0 bridgehead atoms. The minimum atomic E-state index is -4.44. The molecule has 1 heterocycles. The number of carbonyl (C=O) groups is 1. The third kappa shape index (κ3) is 4.81. The molecule has 0 aliphatic heterocycles. The van der Waals surface area contributed by atoms with Gasteiger partial charge in [0.15, 0.2) is 0 Å². The van der Waals surface area contributed by atoms with E-state index < -0.39 is 23.5 Å². The molecule has 0 saturated heterocycles. The number of amides is 1. The zero-order valence-electron chi connectivity index (χ0n) is 13.7. The number of anilines is 3. The van der Waals surface area contributed by atoms with E-state index in [0.29, 0.717) is 11.4 Å². The zero-order chi connectivity index (χ0) is 19.4. The zero-order valence-corrected chi connectivity index (χ0v) is 13.7. The van der Waals surface area contributed by atoms with Crippen LogP contribution >= 0.6 is 0 Å². The maximum absolute atomic E-state index is 13.2. The first-order valence-corrected chi connectivity index (χ1v) is 7.78. The maximum atomic E-state index is 13.2. The normalized spacial score (nSPS) is 11.1. The van der Waals surface area contributed by atoms with Crippen molar-refractivity contribution < 1.29 is 22.4 Å². The van der Waals surface area contributed by atoms with E-state index in [1.54, 1.807) is 12.1 Å². The lowest BCUT2D eigenvalue weighted by Gasteiger charge is -2.10. The summed E-state index contributed by atoms with van der Waals surface area (Å²) in [6.07, 6.45) is -3.05. The Morgan fingerprint density at radius 2 is 1.59 bits per heavy atom. The molecule has 0 spiro atoms. The van der Waals surface area contributed by atoms with Crippen LogP contribution in [0.4, 0.5) is 34.6 Å². The Morgan fingerprint density at radius 3 is 2.26 bits per heavy atom. The highest BCUT2D eigenvalue weighted by molar-refractivity contribution is 6.03. The van der Waals surface area contributed by atoms with Crippen LogP contribution in [0.5, 0.6) is 0 Å². The number of benzene rings is 2. The number of aromatic nitrogens is 1. The van der Waals surface area contributed by atoms with Gasteiger partial charge in [-0.05, 0) is 54.6 Å². The molecular weight excluding hydrogens is 362 g/mol. The quantitative estimate of drug-likeness (QED) is 0.614. The van der Waals surface area contributed by atoms with Crippen LogP contribution in [0.15, 0.2) is 66.9 Å². The van der Waals surface area contributed by atoms with Gasteiger partial charge in [0, 0.05) is 23.3 Å². The Kier molecular flexibility index (Phi) is 5.07. The van der Waals surface area contributed by atoms with Gasteiger partial charge in [0.05, 0.1) is 5.56 Å². The standard InChI is InChI=1S/C19H13F4N3O/c20-13-2-1-3-15(10-13)25-16-8-9-24-17(11-16)18(27)26-14-6-4-12(5-7-14)19(21,22)23/h1-11H,(H,24,25)(H,26,27). The first kappa shape index (κ1) is 18.4. The van der Waals surface area contributed by atoms with E-state index >= 15 is 0 Å². The molecular formula is C19H13F4N3O. The lowest BCUT2D eigenvalue weighted by Crippen LogP contribution is -2.14. The van der Waals surface area contributed by atoms with Crippen molar-refractivity contribution in [3.63, 3.8) is 0 Å². The van der Waals surface area contributed by atoms with Crippen LogP contribution < -0.4 is 10.6 Å². The SMILES string of the molecule is O=C(Nc1ccc(C(F)(F)F)cc1)c1cc(Nc2cccc(F)c2)ccn1. The summed E-state index contributed by atoms with van der Waals surface area (Å²) < 4.78 is 50.9. The van der Waals surface area contributed by atoms with Gasteiger partial charge in [-0.25, -0.2) is 4.39 Å². The molecule has 1 amide bonds. The minimum Gasteiger partial charge on any atom is -0.355 e. The van der Waals surface area contributed by atoms with E-state index in [2.05, 4.69) is 15.6 Å². The highest BCUT2D eigenvalue weighted by atomic mass is 19.4. The highest BCUT2D eigenvalue weighted by Gasteiger charge is 2.30. The molecule has 8 heteroatoms. The Hall–Kier alpha value is -3.42. The molecule has 0 unspecified atom stereocenters. The largest absolute Gasteiger partial charge is 0.416 e. The average Bonchev–Trinajstić information content (AvgIpc) is 2.62. The second kappa shape index (κ2) is 7.45. The highest BCUT2D eigenvalue weighted by Crippen LogP contribution is 2.29. The summed E-state index contributed by atoms with van der Waals surface area (Å²) in [4.78, 5) is 16.2. The van der Waals surface area contributed by atoms with E-state index in [9.17, 15) is 22.4 Å². The Labute approximate surface area is 151 Å². The second-order valence-electron chi connectivity index (χ2n) is 5.59. The Balaban J connectivity index is 1.72. The number of halogens is 4. The van der Waals surface area contributed by atoms with Crippen LogP contribution in [-0.4, -0.2) is 10.9 Å². The molecule has 2 aromatic carbocycles. The molecule has 0 saturated carbocycles. The van der Waals surface area contributed by atoms with Gasteiger partial charge >= 0.3 is 6.18 Å². The number of hydrogen-bond donors (Lipinski definition) is 2. The van der Waals surface area contributed by atoms with Crippen LogP contribution in [0.3, 0.4) is 0 Å². The topological polar surface area (TPSA) is 54.0 Å². The van der Waals surface area contributed by atoms with E-state index in [-0.39, 0.29) is 11.4 Å². The van der Waals surface area contributed by atoms with Gasteiger partial charge < -0.3 is 10.6 Å². The molecule has 3 rings (SSSR count). The number of nitrogens with one attached hydrogen (secondary N) is 2. The lowest BCUT2D eigenvalue weighted by atomic mass is 10.2. The first-order valence-electron chi connectivity index (χ1n) is 7.78. The number of alkyl halides is 3. The molecule has 3 aromatic rings. The maximum Gasteiger partial charge on any atom is 0.416 e.